The van der Waals surface area contributed by atoms with Gasteiger partial charge in [0.15, 0.2) is 0 Å². The normalized spacial score (nSPS) is 12.2. The molecular formula is C32H36N4O3. The van der Waals surface area contributed by atoms with Crippen LogP contribution in [0, 0.1) is 0 Å². The molecule has 0 aliphatic carbocycles. The lowest BCUT2D eigenvalue weighted by molar-refractivity contribution is -0.124. The van der Waals surface area contributed by atoms with E-state index in [0.717, 1.165) is 42.7 Å². The first kappa shape index (κ1) is 27.8. The number of aromatic amines is 1. The fraction of sp³-hybridized carbons (Fsp3) is 0.250. The summed E-state index contributed by atoms with van der Waals surface area (Å²) in [6, 6.07) is 26.4. The predicted octanol–water partition coefficient (Wildman–Crippen LogP) is 5.04. The molecule has 0 spiro atoms. The van der Waals surface area contributed by atoms with Crippen LogP contribution in [0.1, 0.15) is 41.5 Å². The number of carbonyl (C=O) groups excluding carboxylic acids is 2. The molecule has 0 fully saturated rings. The fourth-order valence-corrected chi connectivity index (χ4v) is 4.69. The molecule has 202 valence electrons. The van der Waals surface area contributed by atoms with Crippen molar-refractivity contribution in [1.82, 2.24) is 20.7 Å². The summed E-state index contributed by atoms with van der Waals surface area (Å²) in [6.45, 7) is 4.96. The molecule has 7 heteroatoms. The lowest BCUT2D eigenvalue weighted by Crippen LogP contribution is -2.36. The van der Waals surface area contributed by atoms with E-state index in [1.807, 2.05) is 48.5 Å². The van der Waals surface area contributed by atoms with E-state index >= 15 is 0 Å². The Balaban J connectivity index is 1.36. The van der Waals surface area contributed by atoms with Gasteiger partial charge in [-0.1, -0.05) is 79.7 Å². The van der Waals surface area contributed by atoms with E-state index in [-0.39, 0.29) is 11.8 Å². The molecule has 4 aromatic rings. The molecule has 0 radical (unpaired) electrons. The number of hydrogen-bond donors (Lipinski definition) is 4. The molecule has 3 aromatic carbocycles. The van der Waals surface area contributed by atoms with Crippen LogP contribution in [0.5, 0.6) is 0 Å². The van der Waals surface area contributed by atoms with Gasteiger partial charge in [-0.25, -0.2) is 5.48 Å². The Hall–Kier alpha value is -4.20. The molecule has 7 nitrogen and oxygen atoms in total. The summed E-state index contributed by atoms with van der Waals surface area (Å²) in [5, 5.41) is 13.0. The van der Waals surface area contributed by atoms with E-state index in [0.29, 0.717) is 13.0 Å². The summed E-state index contributed by atoms with van der Waals surface area (Å²) in [5.74, 6) is -0.339. The van der Waals surface area contributed by atoms with E-state index in [9.17, 15) is 9.59 Å². The van der Waals surface area contributed by atoms with Gasteiger partial charge in [-0.3, -0.25) is 19.7 Å². The molecular weight excluding hydrogens is 488 g/mol. The Bertz CT molecular complexity index is 1380. The minimum atomic E-state index is -0.567. The Labute approximate surface area is 229 Å². The number of nitrogens with zero attached hydrogens (tertiary/aromatic N) is 1. The molecule has 1 heterocycles. The minimum Gasteiger partial charge on any atom is -0.361 e. The van der Waals surface area contributed by atoms with Crippen LogP contribution in [-0.2, 0) is 22.6 Å². The maximum atomic E-state index is 12.6. The maximum absolute atomic E-state index is 12.6. The molecule has 0 bridgehead atoms. The highest BCUT2D eigenvalue weighted by atomic mass is 16.5. The molecule has 0 saturated carbocycles. The highest BCUT2D eigenvalue weighted by Crippen LogP contribution is 2.20. The van der Waals surface area contributed by atoms with Crippen LogP contribution in [0.2, 0.25) is 0 Å². The van der Waals surface area contributed by atoms with Crippen molar-refractivity contribution in [2.24, 2.45) is 0 Å². The monoisotopic (exact) mass is 524 g/mol. The second-order valence-electron chi connectivity index (χ2n) is 9.80. The standard InChI is InChI=1S/C32H36N4O3/c1-24(27-7-3-2-4-8-27)21-32(38)33-18-20-36(19-17-28-22-34-30-10-6-5-9-29(28)30)23-26-13-11-25(12-14-26)15-16-31(37)35-39/h2-16,22,24,34,39H,17-21,23H2,1H3,(H,33,38)(H,35,37). The second-order valence-corrected chi connectivity index (χ2v) is 9.80. The number of hydroxylamine groups is 1. The Kier molecular flexibility index (Phi) is 10.1. The van der Waals surface area contributed by atoms with Gasteiger partial charge in [0, 0.05) is 55.8 Å². The first-order chi connectivity index (χ1) is 19.0. The zero-order valence-electron chi connectivity index (χ0n) is 22.3. The van der Waals surface area contributed by atoms with E-state index < -0.39 is 5.91 Å². The van der Waals surface area contributed by atoms with Gasteiger partial charge in [-0.15, -0.1) is 0 Å². The van der Waals surface area contributed by atoms with Crippen molar-refractivity contribution in [3.63, 3.8) is 0 Å². The highest BCUT2D eigenvalue weighted by Gasteiger charge is 2.13. The largest absolute Gasteiger partial charge is 0.361 e. The molecule has 4 rings (SSSR count). The second kappa shape index (κ2) is 14.1. The van der Waals surface area contributed by atoms with Gasteiger partial charge in [0.2, 0.25) is 5.91 Å². The first-order valence-electron chi connectivity index (χ1n) is 13.3. The third-order valence-corrected chi connectivity index (χ3v) is 6.91. The number of hydrogen-bond acceptors (Lipinski definition) is 4. The van der Waals surface area contributed by atoms with Gasteiger partial charge < -0.3 is 10.3 Å². The zero-order valence-corrected chi connectivity index (χ0v) is 22.3. The van der Waals surface area contributed by atoms with E-state index in [2.05, 4.69) is 58.7 Å². The average Bonchev–Trinajstić information content (AvgIpc) is 3.38. The molecule has 1 aromatic heterocycles. The summed E-state index contributed by atoms with van der Waals surface area (Å²) < 4.78 is 0. The lowest BCUT2D eigenvalue weighted by Gasteiger charge is -2.23. The van der Waals surface area contributed by atoms with E-state index in [4.69, 9.17) is 5.21 Å². The lowest BCUT2D eigenvalue weighted by atomic mass is 9.98. The van der Waals surface area contributed by atoms with Crippen molar-refractivity contribution >= 4 is 28.8 Å². The van der Waals surface area contributed by atoms with E-state index in [1.165, 1.54) is 22.6 Å². The predicted molar refractivity (Wildman–Crippen MR) is 155 cm³/mol. The van der Waals surface area contributed by atoms with Gasteiger partial charge in [0.25, 0.3) is 5.91 Å². The smallest absolute Gasteiger partial charge is 0.267 e. The number of nitrogens with one attached hydrogen (secondary N) is 3. The minimum absolute atomic E-state index is 0.0611. The summed E-state index contributed by atoms with van der Waals surface area (Å²) in [6.07, 6.45) is 6.36. The summed E-state index contributed by atoms with van der Waals surface area (Å²) in [7, 11) is 0. The summed E-state index contributed by atoms with van der Waals surface area (Å²) in [4.78, 5) is 29.6. The van der Waals surface area contributed by atoms with Crippen LogP contribution in [0.3, 0.4) is 0 Å². The maximum Gasteiger partial charge on any atom is 0.267 e. The van der Waals surface area contributed by atoms with Crippen molar-refractivity contribution in [1.29, 1.82) is 0 Å². The van der Waals surface area contributed by atoms with Gasteiger partial charge >= 0.3 is 0 Å². The third kappa shape index (κ3) is 8.40. The van der Waals surface area contributed by atoms with Crippen molar-refractivity contribution in [2.45, 2.75) is 32.2 Å². The summed E-state index contributed by atoms with van der Waals surface area (Å²) in [5.41, 5.74) is 7.18. The zero-order chi connectivity index (χ0) is 27.5. The van der Waals surface area contributed by atoms with Crippen LogP contribution >= 0.6 is 0 Å². The van der Waals surface area contributed by atoms with Crippen molar-refractivity contribution < 1.29 is 14.8 Å². The fourth-order valence-electron chi connectivity index (χ4n) is 4.69. The average molecular weight is 525 g/mol. The summed E-state index contributed by atoms with van der Waals surface area (Å²) >= 11 is 0. The SMILES string of the molecule is CC(CC(=O)NCCN(CCc1c[nH]c2ccccc12)Cc1ccc(C=CC(=O)NO)cc1)c1ccccc1. The molecule has 4 N–H and O–H groups in total. The van der Waals surface area contributed by atoms with Crippen LogP contribution in [0.4, 0.5) is 0 Å². The number of fused-ring (bicyclic) bond motifs is 1. The van der Waals surface area contributed by atoms with Crippen LogP contribution < -0.4 is 10.8 Å². The molecule has 2 amide bonds. The highest BCUT2D eigenvalue weighted by molar-refractivity contribution is 5.90. The Morgan fingerprint density at radius 2 is 1.72 bits per heavy atom. The van der Waals surface area contributed by atoms with Gasteiger partial charge in [0.05, 0.1) is 0 Å². The molecule has 0 aliphatic rings. The molecule has 1 unspecified atom stereocenters. The van der Waals surface area contributed by atoms with Gasteiger partial charge in [0.1, 0.15) is 0 Å². The number of carbonyl (C=O) groups is 2. The molecule has 0 aliphatic heterocycles. The quantitative estimate of drug-likeness (QED) is 0.112. The molecule has 0 saturated heterocycles. The van der Waals surface area contributed by atoms with Crippen molar-refractivity contribution in [3.8, 4) is 0 Å². The number of amides is 2. The van der Waals surface area contributed by atoms with Crippen LogP contribution in [0.25, 0.3) is 17.0 Å². The molecule has 39 heavy (non-hydrogen) atoms. The van der Waals surface area contributed by atoms with Crippen LogP contribution in [-0.4, -0.2) is 46.5 Å². The van der Waals surface area contributed by atoms with Gasteiger partial charge in [-0.2, -0.15) is 0 Å². The third-order valence-electron chi connectivity index (χ3n) is 6.91. The Morgan fingerprint density at radius 3 is 2.49 bits per heavy atom. The number of para-hydroxylation sites is 1. The topological polar surface area (TPSA) is 97.5 Å². The number of benzene rings is 3. The van der Waals surface area contributed by atoms with Crippen molar-refractivity contribution in [2.75, 3.05) is 19.6 Å². The van der Waals surface area contributed by atoms with Crippen LogP contribution in [0.15, 0.2) is 91.1 Å². The van der Waals surface area contributed by atoms with E-state index in [1.54, 1.807) is 11.6 Å². The number of rotatable bonds is 13. The first-order valence-corrected chi connectivity index (χ1v) is 13.3. The number of aromatic nitrogens is 1. The van der Waals surface area contributed by atoms with Crippen molar-refractivity contribution in [3.05, 3.63) is 113 Å². The molecule has 1 atom stereocenters. The van der Waals surface area contributed by atoms with Gasteiger partial charge in [-0.05, 0) is 46.7 Å². The number of H-pyrrole nitrogens is 1. The Morgan fingerprint density at radius 1 is 0.974 bits per heavy atom.